The zero-order valence-electron chi connectivity index (χ0n) is 16.0. The smallest absolute Gasteiger partial charge is 0.339 e. The Kier molecular flexibility index (Phi) is 6.34. The van der Waals surface area contributed by atoms with Crippen LogP contribution in [-0.4, -0.2) is 29.6 Å². The molecule has 1 heterocycles. The van der Waals surface area contributed by atoms with E-state index in [2.05, 4.69) is 5.32 Å². The number of fused-ring (bicyclic) bond motifs is 3. The van der Waals surface area contributed by atoms with E-state index in [-0.39, 0.29) is 30.6 Å². The molecular formula is C21H25NO6. The van der Waals surface area contributed by atoms with Crippen molar-refractivity contribution in [3.63, 3.8) is 0 Å². The molecule has 1 atom stereocenters. The van der Waals surface area contributed by atoms with E-state index in [0.29, 0.717) is 24.2 Å². The average molecular weight is 387 g/mol. The first-order chi connectivity index (χ1) is 13.5. The highest BCUT2D eigenvalue weighted by molar-refractivity contribution is 5.83. The van der Waals surface area contributed by atoms with Crippen molar-refractivity contribution in [2.75, 3.05) is 6.61 Å². The van der Waals surface area contributed by atoms with Crippen LogP contribution in [0.15, 0.2) is 27.4 Å². The van der Waals surface area contributed by atoms with Gasteiger partial charge in [-0.1, -0.05) is 6.92 Å². The van der Waals surface area contributed by atoms with Crippen molar-refractivity contribution in [1.82, 2.24) is 5.32 Å². The van der Waals surface area contributed by atoms with E-state index in [9.17, 15) is 14.4 Å². The minimum absolute atomic E-state index is 0.00761. The third-order valence-corrected chi connectivity index (χ3v) is 5.13. The molecule has 2 aromatic rings. The number of hydrogen-bond donors (Lipinski definition) is 2. The van der Waals surface area contributed by atoms with Crippen LogP contribution in [0, 0.1) is 0 Å². The molecule has 0 spiro atoms. The number of hydrogen-bond acceptors (Lipinski definition) is 5. The lowest BCUT2D eigenvalue weighted by atomic mass is 9.91. The molecule has 1 aliphatic rings. The summed E-state index contributed by atoms with van der Waals surface area (Å²) in [5.41, 5.74) is 2.02. The second kappa shape index (κ2) is 8.91. The van der Waals surface area contributed by atoms with Crippen LogP contribution in [-0.2, 0) is 22.4 Å². The predicted octanol–water partition coefficient (Wildman–Crippen LogP) is 2.81. The first kappa shape index (κ1) is 19.9. The summed E-state index contributed by atoms with van der Waals surface area (Å²) in [5, 5.41) is 12.5. The number of ether oxygens (including phenoxy) is 1. The molecule has 1 aromatic carbocycles. The monoisotopic (exact) mass is 387 g/mol. The Morgan fingerprint density at radius 2 is 2.00 bits per heavy atom. The SMILES string of the molecule is CCC(CCC(=O)O)NC(=O)COc1ccc2c3c(c(=O)oc2c1)CCCC3. The number of benzene rings is 1. The van der Waals surface area contributed by atoms with Crippen LogP contribution in [0.5, 0.6) is 5.75 Å². The third kappa shape index (κ3) is 4.71. The number of carboxylic acid groups (broad SMARTS) is 1. The molecule has 1 aromatic heterocycles. The van der Waals surface area contributed by atoms with Crippen molar-refractivity contribution in [2.24, 2.45) is 0 Å². The summed E-state index contributed by atoms with van der Waals surface area (Å²) in [4.78, 5) is 35.0. The van der Waals surface area contributed by atoms with Gasteiger partial charge in [-0.2, -0.15) is 0 Å². The summed E-state index contributed by atoms with van der Waals surface area (Å²) in [6.45, 7) is 1.70. The molecular weight excluding hydrogens is 362 g/mol. The zero-order valence-corrected chi connectivity index (χ0v) is 16.0. The Hall–Kier alpha value is -2.83. The molecule has 0 radical (unpaired) electrons. The molecule has 0 bridgehead atoms. The van der Waals surface area contributed by atoms with Crippen LogP contribution in [0.2, 0.25) is 0 Å². The highest BCUT2D eigenvalue weighted by Gasteiger charge is 2.18. The van der Waals surface area contributed by atoms with Crippen molar-refractivity contribution in [1.29, 1.82) is 0 Å². The highest BCUT2D eigenvalue weighted by atomic mass is 16.5. The minimum Gasteiger partial charge on any atom is -0.484 e. The number of aliphatic carboxylic acids is 1. The van der Waals surface area contributed by atoms with Crippen LogP contribution in [0.25, 0.3) is 11.0 Å². The maximum atomic E-state index is 12.2. The van der Waals surface area contributed by atoms with Gasteiger partial charge in [-0.15, -0.1) is 0 Å². The Morgan fingerprint density at radius 1 is 1.25 bits per heavy atom. The van der Waals surface area contributed by atoms with Crippen molar-refractivity contribution >= 4 is 22.8 Å². The van der Waals surface area contributed by atoms with Gasteiger partial charge in [-0.3, -0.25) is 9.59 Å². The van der Waals surface area contributed by atoms with Crippen molar-refractivity contribution in [2.45, 2.75) is 57.9 Å². The van der Waals surface area contributed by atoms with Gasteiger partial charge in [0.05, 0.1) is 0 Å². The van der Waals surface area contributed by atoms with E-state index < -0.39 is 5.97 Å². The number of carboxylic acids is 1. The first-order valence-corrected chi connectivity index (χ1v) is 9.70. The van der Waals surface area contributed by atoms with Crippen LogP contribution < -0.4 is 15.7 Å². The van der Waals surface area contributed by atoms with Gasteiger partial charge >= 0.3 is 11.6 Å². The molecule has 0 fully saturated rings. The second-order valence-electron chi connectivity index (χ2n) is 7.11. The van der Waals surface area contributed by atoms with E-state index in [4.69, 9.17) is 14.3 Å². The third-order valence-electron chi connectivity index (χ3n) is 5.13. The number of amides is 1. The maximum absolute atomic E-state index is 12.2. The summed E-state index contributed by atoms with van der Waals surface area (Å²) < 4.78 is 11.0. The first-order valence-electron chi connectivity index (χ1n) is 9.70. The summed E-state index contributed by atoms with van der Waals surface area (Å²) in [5.74, 6) is -0.756. The fourth-order valence-corrected chi connectivity index (χ4v) is 3.61. The van der Waals surface area contributed by atoms with Crippen molar-refractivity contribution in [3.8, 4) is 5.75 Å². The number of rotatable bonds is 8. The van der Waals surface area contributed by atoms with E-state index >= 15 is 0 Å². The molecule has 1 unspecified atom stereocenters. The number of aryl methyl sites for hydroxylation is 1. The van der Waals surface area contributed by atoms with E-state index in [0.717, 1.165) is 42.2 Å². The molecule has 150 valence electrons. The Morgan fingerprint density at radius 3 is 2.71 bits per heavy atom. The maximum Gasteiger partial charge on any atom is 0.339 e. The second-order valence-corrected chi connectivity index (χ2v) is 7.11. The molecule has 7 heteroatoms. The fourth-order valence-electron chi connectivity index (χ4n) is 3.61. The standard InChI is InChI=1S/C21H25NO6/c1-2-13(7-10-20(24)25)22-19(23)12-27-14-8-9-16-15-5-3-4-6-17(15)21(26)28-18(16)11-14/h8-9,11,13H,2-7,10,12H2,1H3,(H,22,23)(H,24,25). The van der Waals surface area contributed by atoms with Crippen molar-refractivity contribution < 1.29 is 23.8 Å². The lowest BCUT2D eigenvalue weighted by Crippen LogP contribution is -2.37. The molecule has 1 amide bonds. The van der Waals surface area contributed by atoms with Gasteiger partial charge in [-0.05, 0) is 56.2 Å². The summed E-state index contributed by atoms with van der Waals surface area (Å²) in [6, 6.07) is 5.08. The lowest BCUT2D eigenvalue weighted by Gasteiger charge is -2.17. The van der Waals surface area contributed by atoms with Crippen LogP contribution in [0.4, 0.5) is 0 Å². The van der Waals surface area contributed by atoms with Gasteiger partial charge in [0, 0.05) is 29.5 Å². The van der Waals surface area contributed by atoms with Gasteiger partial charge in [-0.25, -0.2) is 4.79 Å². The van der Waals surface area contributed by atoms with Gasteiger partial charge < -0.3 is 19.6 Å². The normalized spacial score (nSPS) is 14.3. The van der Waals surface area contributed by atoms with Gasteiger partial charge in [0.25, 0.3) is 5.91 Å². The lowest BCUT2D eigenvalue weighted by molar-refractivity contribution is -0.137. The Balaban J connectivity index is 1.65. The van der Waals surface area contributed by atoms with Gasteiger partial charge in [0.1, 0.15) is 11.3 Å². The fraction of sp³-hybridized carbons (Fsp3) is 0.476. The quantitative estimate of drug-likeness (QED) is 0.675. The van der Waals surface area contributed by atoms with Crippen LogP contribution in [0.1, 0.15) is 50.2 Å². The Labute approximate surface area is 162 Å². The molecule has 2 N–H and O–H groups in total. The molecule has 0 aliphatic heterocycles. The zero-order chi connectivity index (χ0) is 20.1. The van der Waals surface area contributed by atoms with E-state index in [1.165, 1.54) is 0 Å². The van der Waals surface area contributed by atoms with Crippen LogP contribution >= 0.6 is 0 Å². The van der Waals surface area contributed by atoms with Gasteiger partial charge in [0.15, 0.2) is 6.61 Å². The molecule has 3 rings (SSSR count). The molecule has 7 nitrogen and oxygen atoms in total. The number of nitrogens with one attached hydrogen (secondary N) is 1. The molecule has 28 heavy (non-hydrogen) atoms. The van der Waals surface area contributed by atoms with E-state index in [1.807, 2.05) is 13.0 Å². The molecule has 0 saturated heterocycles. The molecule has 0 saturated carbocycles. The van der Waals surface area contributed by atoms with E-state index in [1.54, 1.807) is 12.1 Å². The molecule has 1 aliphatic carbocycles. The Bertz CT molecular complexity index is 932. The van der Waals surface area contributed by atoms with Crippen LogP contribution in [0.3, 0.4) is 0 Å². The van der Waals surface area contributed by atoms with Crippen molar-refractivity contribution in [3.05, 3.63) is 39.7 Å². The minimum atomic E-state index is -0.885. The van der Waals surface area contributed by atoms with Gasteiger partial charge in [0.2, 0.25) is 0 Å². The largest absolute Gasteiger partial charge is 0.484 e. The summed E-state index contributed by atoms with van der Waals surface area (Å²) in [6.07, 6.45) is 4.72. The highest BCUT2D eigenvalue weighted by Crippen LogP contribution is 2.29. The summed E-state index contributed by atoms with van der Waals surface area (Å²) >= 11 is 0. The summed E-state index contributed by atoms with van der Waals surface area (Å²) in [7, 11) is 0. The average Bonchev–Trinajstić information content (AvgIpc) is 2.69. The topological polar surface area (TPSA) is 106 Å². The number of carbonyl (C=O) groups excluding carboxylic acids is 1. The number of carbonyl (C=O) groups is 2. The predicted molar refractivity (Wildman–Crippen MR) is 104 cm³/mol.